The molecule has 0 saturated heterocycles. The summed E-state index contributed by atoms with van der Waals surface area (Å²) in [4.78, 5) is 44.4. The highest BCUT2D eigenvalue weighted by Gasteiger charge is 2.41. The Hall–Kier alpha value is -8.31. The molecule has 1 atom stereocenters. The molecular formula is C37H29N9O21S3. The Morgan fingerprint density at radius 1 is 0.700 bits per heavy atom. The fourth-order valence-electron chi connectivity index (χ4n) is 6.14. The maximum atomic E-state index is 13.3. The number of anilines is 1. The Morgan fingerprint density at radius 3 is 1.79 bits per heavy atom. The number of nitrogens with zero attached hydrogens (tertiary/aromatic N) is 9. The number of fused-ring (bicyclic) bond motifs is 1. The molecule has 0 radical (unpaired) electrons. The lowest BCUT2D eigenvalue weighted by molar-refractivity contribution is -0.384. The number of carboxylic acid groups (broad SMARTS) is 2. The summed E-state index contributed by atoms with van der Waals surface area (Å²) in [5.41, 5.74) is -5.46. The van der Waals surface area contributed by atoms with E-state index in [4.69, 9.17) is 9.47 Å². The van der Waals surface area contributed by atoms with Crippen LogP contribution >= 0.6 is 0 Å². The second-order valence-electron chi connectivity index (χ2n) is 13.7. The van der Waals surface area contributed by atoms with Crippen LogP contribution in [0.25, 0.3) is 10.8 Å². The zero-order valence-electron chi connectivity index (χ0n) is 34.5. The predicted molar refractivity (Wildman–Crippen MR) is 232 cm³/mol. The van der Waals surface area contributed by atoms with Crippen LogP contribution in [0.1, 0.15) is 10.4 Å². The number of non-ortho nitro benzene ring substituents is 1. The summed E-state index contributed by atoms with van der Waals surface area (Å²) in [6.07, 6.45) is 0. The molecule has 30 nitrogen and oxygen atoms in total. The zero-order chi connectivity index (χ0) is 51.5. The summed E-state index contributed by atoms with van der Waals surface area (Å²) in [6.45, 7) is -2.09. The van der Waals surface area contributed by atoms with Crippen LogP contribution in [-0.2, 0) is 39.9 Å². The summed E-state index contributed by atoms with van der Waals surface area (Å²) in [6, 6.07) is 8.29. The number of carbonyl (C=O) groups excluding carboxylic acids is 1. The Bertz CT molecular complexity index is 3480. The van der Waals surface area contributed by atoms with Crippen LogP contribution in [0.2, 0.25) is 0 Å². The molecule has 1 amide bonds. The number of hydrogen-bond donors (Lipinski definition) is 8. The minimum atomic E-state index is -5.58. The van der Waals surface area contributed by atoms with E-state index in [0.717, 1.165) is 66.7 Å². The standard InChI is InChI=1S/C37H29N9O21S3/c47-9-11-66-27-16-26(28(67-12-10-48)15-25(27)40-38-23-7-3-18(46(55)56)13-22(23)36(51)52)41-42-30-29(69(60,61)62)14-21-20(33(30)49)6-8-24(34(21)70(63,64)65)39-43-31-32(37(53)54)44-45(35(31)50)17-1-4-19(5-2-17)68(57,58)59/h1-8,13-16,31,47-49H,9-12H2,(H,51,52)(H,53,54)(H,57,58,59)(H,60,61,62)(H,63,64,65)/b40-38+,42-41+,43-39+. The molecule has 1 heterocycles. The van der Waals surface area contributed by atoms with Crippen LogP contribution in [0.15, 0.2) is 123 Å². The number of amides is 1. The number of aliphatic hydroxyl groups excluding tert-OH is 2. The number of hydrogen-bond acceptors (Lipinski definition) is 23. The van der Waals surface area contributed by atoms with Crippen molar-refractivity contribution < 1.29 is 93.2 Å². The summed E-state index contributed by atoms with van der Waals surface area (Å²) in [5, 5.41) is 86.3. The molecule has 366 valence electrons. The highest BCUT2D eigenvalue weighted by atomic mass is 32.2. The predicted octanol–water partition coefficient (Wildman–Crippen LogP) is 4.40. The molecule has 33 heteroatoms. The zero-order valence-corrected chi connectivity index (χ0v) is 36.9. The number of nitro groups is 1. The number of aromatic carboxylic acids is 1. The summed E-state index contributed by atoms with van der Waals surface area (Å²) < 4.78 is 115. The van der Waals surface area contributed by atoms with Gasteiger partial charge in [-0.25, -0.2) is 9.59 Å². The summed E-state index contributed by atoms with van der Waals surface area (Å²) >= 11 is 0. The number of rotatable bonds is 19. The highest BCUT2D eigenvalue weighted by molar-refractivity contribution is 7.86. The van der Waals surface area contributed by atoms with Crippen molar-refractivity contribution in [2.75, 3.05) is 31.4 Å². The van der Waals surface area contributed by atoms with Crippen molar-refractivity contribution in [1.82, 2.24) is 0 Å². The van der Waals surface area contributed by atoms with Gasteiger partial charge in [-0.3, -0.25) is 28.6 Å². The third-order valence-corrected chi connectivity index (χ3v) is 11.9. The lowest BCUT2D eigenvalue weighted by Gasteiger charge is -2.14. The topological polar surface area (TPSA) is 467 Å². The van der Waals surface area contributed by atoms with Gasteiger partial charge in [0.15, 0.2) is 11.5 Å². The second kappa shape index (κ2) is 20.1. The molecule has 1 unspecified atom stereocenters. The lowest BCUT2D eigenvalue weighted by atomic mass is 10.1. The molecule has 0 bridgehead atoms. The molecule has 5 aromatic rings. The maximum Gasteiger partial charge on any atom is 0.355 e. The monoisotopic (exact) mass is 1030 g/mol. The second-order valence-corrected chi connectivity index (χ2v) is 17.8. The minimum absolute atomic E-state index is 0.221. The first-order valence-corrected chi connectivity index (χ1v) is 23.1. The molecule has 1 aliphatic heterocycles. The number of carboxylic acids is 2. The van der Waals surface area contributed by atoms with Gasteiger partial charge >= 0.3 is 11.9 Å². The van der Waals surface area contributed by atoms with Crippen LogP contribution in [0, 0.1) is 10.1 Å². The van der Waals surface area contributed by atoms with E-state index in [9.17, 15) is 88.9 Å². The molecule has 0 saturated carbocycles. The highest BCUT2D eigenvalue weighted by Crippen LogP contribution is 2.47. The van der Waals surface area contributed by atoms with Gasteiger partial charge in [0.25, 0.3) is 41.9 Å². The number of phenolic OH excluding ortho intramolecular Hbond substituents is 1. The van der Waals surface area contributed by atoms with Gasteiger partial charge in [0, 0.05) is 35.0 Å². The van der Waals surface area contributed by atoms with Crippen LogP contribution in [0.4, 0.5) is 39.8 Å². The van der Waals surface area contributed by atoms with Gasteiger partial charge in [-0.05, 0) is 48.5 Å². The van der Waals surface area contributed by atoms with E-state index in [1.54, 1.807) is 0 Å². The fourth-order valence-corrected chi connectivity index (χ4v) is 8.09. The van der Waals surface area contributed by atoms with Gasteiger partial charge < -0.3 is 35.0 Å². The smallest absolute Gasteiger partial charge is 0.355 e. The van der Waals surface area contributed by atoms with Crippen LogP contribution in [0.3, 0.4) is 0 Å². The van der Waals surface area contributed by atoms with Crippen molar-refractivity contribution in [3.8, 4) is 17.2 Å². The van der Waals surface area contributed by atoms with E-state index < -0.39 is 151 Å². The summed E-state index contributed by atoms with van der Waals surface area (Å²) in [7, 11) is -15.8. The Balaban J connectivity index is 1.45. The lowest BCUT2D eigenvalue weighted by Crippen LogP contribution is -2.33. The average Bonchev–Trinajstić information content (AvgIpc) is 3.62. The molecule has 6 rings (SSSR count). The number of azo groups is 3. The molecule has 0 fully saturated rings. The largest absolute Gasteiger partial charge is 0.505 e. The van der Waals surface area contributed by atoms with Crippen molar-refractivity contribution in [1.29, 1.82) is 0 Å². The van der Waals surface area contributed by atoms with Crippen LogP contribution < -0.4 is 14.5 Å². The number of aromatic hydroxyl groups is 1. The number of aliphatic hydroxyl groups is 2. The molecule has 1 aliphatic rings. The molecule has 5 aromatic carbocycles. The van der Waals surface area contributed by atoms with Gasteiger partial charge in [-0.1, -0.05) is 0 Å². The molecule has 0 aliphatic carbocycles. The van der Waals surface area contributed by atoms with E-state index in [1.807, 2.05) is 0 Å². The molecule has 0 aromatic heterocycles. The fraction of sp³-hybridized carbons (Fsp3) is 0.135. The van der Waals surface area contributed by atoms with Gasteiger partial charge in [0.05, 0.1) is 34.3 Å². The van der Waals surface area contributed by atoms with Crippen molar-refractivity contribution >= 4 is 104 Å². The van der Waals surface area contributed by atoms with E-state index >= 15 is 0 Å². The maximum absolute atomic E-state index is 13.3. The van der Waals surface area contributed by atoms with Gasteiger partial charge in [-0.2, -0.15) is 45.6 Å². The Morgan fingerprint density at radius 2 is 1.27 bits per heavy atom. The first kappa shape index (κ1) is 51.1. The SMILES string of the molecule is O=C(O)C1=NN(c2ccc(S(=O)(=O)O)cc2)C(=O)C1/N=N/c1ccc2c(O)c(/N=N/c3cc(OCCO)c(/N=N/c4ccc([N+](=O)[O-])cc4C(=O)O)cc3OCCO)c(S(=O)(=O)O)cc2c1S(=O)(=O)O. The van der Waals surface area contributed by atoms with Gasteiger partial charge in [-0.15, -0.1) is 20.5 Å². The first-order chi connectivity index (χ1) is 32.8. The third-order valence-electron chi connectivity index (χ3n) is 9.17. The third kappa shape index (κ3) is 11.0. The van der Waals surface area contributed by atoms with Crippen molar-refractivity contribution in [3.05, 3.63) is 88.5 Å². The minimum Gasteiger partial charge on any atom is -0.505 e. The van der Waals surface area contributed by atoms with E-state index in [1.165, 1.54) is 0 Å². The number of nitro benzene ring substituents is 1. The quantitative estimate of drug-likeness (QED) is 0.0246. The Labute approximate surface area is 390 Å². The van der Waals surface area contributed by atoms with Crippen molar-refractivity contribution in [2.45, 2.75) is 20.7 Å². The Kier molecular flexibility index (Phi) is 14.7. The summed E-state index contributed by atoms with van der Waals surface area (Å²) in [5.74, 6) is -6.54. The van der Waals surface area contributed by atoms with Crippen LogP contribution in [-0.4, -0.2) is 125 Å². The number of hydrazone groups is 1. The first-order valence-electron chi connectivity index (χ1n) is 18.8. The van der Waals surface area contributed by atoms with Crippen molar-refractivity contribution in [2.24, 2.45) is 35.8 Å². The average molecular weight is 1030 g/mol. The number of ether oxygens (including phenoxy) is 2. The van der Waals surface area contributed by atoms with E-state index in [-0.39, 0.29) is 28.6 Å². The number of aliphatic carboxylic acids is 1. The van der Waals surface area contributed by atoms with E-state index in [2.05, 4.69) is 35.8 Å². The number of benzene rings is 5. The molecule has 8 N–H and O–H groups in total. The van der Waals surface area contributed by atoms with Gasteiger partial charge in [0.2, 0.25) is 6.04 Å². The van der Waals surface area contributed by atoms with Crippen LogP contribution in [0.5, 0.6) is 17.2 Å². The van der Waals surface area contributed by atoms with Gasteiger partial charge in [0.1, 0.15) is 62.9 Å². The molecule has 70 heavy (non-hydrogen) atoms. The normalized spacial score (nSPS) is 14.5. The van der Waals surface area contributed by atoms with Crippen molar-refractivity contribution in [3.63, 3.8) is 0 Å². The molecule has 0 spiro atoms. The number of carbonyl (C=O) groups is 3. The van der Waals surface area contributed by atoms with E-state index in [0.29, 0.717) is 11.1 Å². The molecular weight excluding hydrogens is 1000 g/mol. The number of phenols is 1.